The van der Waals surface area contributed by atoms with Crippen LogP contribution >= 0.6 is 23.2 Å². The molecule has 0 heterocycles. The van der Waals surface area contributed by atoms with Gasteiger partial charge in [-0.2, -0.15) is 0 Å². The molecule has 5 nitrogen and oxygen atoms in total. The minimum atomic E-state index is -0.431. The van der Waals surface area contributed by atoms with Gasteiger partial charge in [-0.15, -0.1) is 0 Å². The summed E-state index contributed by atoms with van der Waals surface area (Å²) in [7, 11) is 0. The van der Waals surface area contributed by atoms with E-state index in [-0.39, 0.29) is 0 Å². The third-order valence-electron chi connectivity index (χ3n) is 5.39. The van der Waals surface area contributed by atoms with Crippen LogP contribution in [-0.4, -0.2) is 25.8 Å². The molecule has 0 aliphatic rings. The second-order valence-electron chi connectivity index (χ2n) is 8.27. The number of rotatable bonds is 15. The molecule has 0 fully saturated rings. The maximum Gasteiger partial charge on any atom is 0.343 e. The van der Waals surface area contributed by atoms with Gasteiger partial charge < -0.3 is 18.9 Å². The zero-order valence-corrected chi connectivity index (χ0v) is 22.0. The predicted octanol–water partition coefficient (Wildman–Crippen LogP) is 8.41. The number of ether oxygens (including phenoxy) is 4. The number of hydrogen-bond donors (Lipinski definition) is 0. The van der Waals surface area contributed by atoms with Crippen LogP contribution < -0.4 is 18.9 Å². The van der Waals surface area contributed by atoms with Gasteiger partial charge in [-0.1, -0.05) is 62.2 Å². The van der Waals surface area contributed by atoms with Gasteiger partial charge in [0.05, 0.1) is 17.2 Å². The van der Waals surface area contributed by atoms with Crippen molar-refractivity contribution in [2.75, 3.05) is 19.8 Å². The van der Waals surface area contributed by atoms with Gasteiger partial charge in [-0.3, -0.25) is 0 Å². The van der Waals surface area contributed by atoms with E-state index in [9.17, 15) is 4.79 Å². The van der Waals surface area contributed by atoms with Gasteiger partial charge in [0.1, 0.15) is 36.2 Å². The molecule has 0 saturated carbocycles. The van der Waals surface area contributed by atoms with Crippen LogP contribution in [0.1, 0.15) is 55.8 Å². The average Bonchev–Trinajstić information content (AvgIpc) is 2.88. The summed E-state index contributed by atoms with van der Waals surface area (Å²) < 4.78 is 22.5. The highest BCUT2D eigenvalue weighted by atomic mass is 35.5. The molecule has 0 saturated heterocycles. The van der Waals surface area contributed by atoms with E-state index in [0.29, 0.717) is 52.7 Å². The van der Waals surface area contributed by atoms with Crippen LogP contribution in [0.2, 0.25) is 10.0 Å². The highest BCUT2D eigenvalue weighted by Gasteiger charge is 2.09. The fourth-order valence-corrected chi connectivity index (χ4v) is 3.90. The first kappa shape index (κ1) is 27.7. The molecule has 0 N–H and O–H groups in total. The lowest BCUT2D eigenvalue weighted by Gasteiger charge is -2.10. The minimum Gasteiger partial charge on any atom is -0.494 e. The zero-order valence-electron chi connectivity index (χ0n) is 20.5. The molecule has 3 aromatic rings. The summed E-state index contributed by atoms with van der Waals surface area (Å²) in [6.45, 7) is 3.54. The molecular formula is C29H32Cl2O5. The van der Waals surface area contributed by atoms with Crippen LogP contribution in [0.4, 0.5) is 0 Å². The molecule has 0 bridgehead atoms. The second-order valence-corrected chi connectivity index (χ2v) is 9.12. The van der Waals surface area contributed by atoms with E-state index < -0.39 is 5.97 Å². The van der Waals surface area contributed by atoms with Gasteiger partial charge in [0, 0.05) is 5.02 Å². The first-order chi connectivity index (χ1) is 17.5. The van der Waals surface area contributed by atoms with Gasteiger partial charge >= 0.3 is 5.97 Å². The molecule has 0 unspecified atom stereocenters. The Balaban J connectivity index is 1.36. The Labute approximate surface area is 223 Å². The summed E-state index contributed by atoms with van der Waals surface area (Å²) in [5.41, 5.74) is 0.459. The van der Waals surface area contributed by atoms with E-state index in [1.54, 1.807) is 66.7 Å². The molecule has 0 radical (unpaired) electrons. The Morgan fingerprint density at radius 3 is 1.94 bits per heavy atom. The highest BCUT2D eigenvalue weighted by molar-refractivity contribution is 6.35. The van der Waals surface area contributed by atoms with Gasteiger partial charge in [0.15, 0.2) is 0 Å². The minimum absolute atomic E-state index is 0.316. The van der Waals surface area contributed by atoms with E-state index in [4.69, 9.17) is 42.1 Å². The Morgan fingerprint density at radius 1 is 0.667 bits per heavy atom. The number of carbonyl (C=O) groups excluding carboxylic acids is 1. The molecule has 7 heteroatoms. The summed E-state index contributed by atoms with van der Waals surface area (Å²) in [6.07, 6.45) is 7.32. The SMILES string of the molecule is CCCCCCCCOc1ccc(C(=O)Oc2ccc(OCCOc3ccc(Cl)cc3Cl)cc2)cc1. The largest absolute Gasteiger partial charge is 0.494 e. The Hall–Kier alpha value is -2.89. The quantitative estimate of drug-likeness (QED) is 0.112. The van der Waals surface area contributed by atoms with E-state index in [1.807, 2.05) is 0 Å². The third-order valence-corrected chi connectivity index (χ3v) is 5.92. The summed E-state index contributed by atoms with van der Waals surface area (Å²) in [5, 5.41) is 0.998. The molecule has 0 atom stereocenters. The van der Waals surface area contributed by atoms with E-state index in [1.165, 1.54) is 32.1 Å². The molecule has 0 spiro atoms. The monoisotopic (exact) mass is 530 g/mol. The topological polar surface area (TPSA) is 54.0 Å². The van der Waals surface area contributed by atoms with Crippen LogP contribution in [0, 0.1) is 0 Å². The third kappa shape index (κ3) is 9.63. The van der Waals surface area contributed by atoms with Crippen LogP contribution in [0.15, 0.2) is 66.7 Å². The fraction of sp³-hybridized carbons (Fsp3) is 0.345. The molecule has 192 valence electrons. The summed E-state index contributed by atoms with van der Waals surface area (Å²) in [4.78, 5) is 12.5. The molecule has 0 aliphatic carbocycles. The number of unbranched alkanes of at least 4 members (excludes halogenated alkanes) is 5. The van der Waals surface area contributed by atoms with Crippen molar-refractivity contribution in [3.8, 4) is 23.0 Å². The van der Waals surface area contributed by atoms with Crippen LogP contribution in [-0.2, 0) is 0 Å². The summed E-state index contributed by atoms with van der Waals surface area (Å²) >= 11 is 12.0. The van der Waals surface area contributed by atoms with E-state index in [0.717, 1.165) is 12.2 Å². The maximum atomic E-state index is 12.5. The van der Waals surface area contributed by atoms with Gasteiger partial charge in [-0.05, 0) is 73.2 Å². The van der Waals surface area contributed by atoms with Gasteiger partial charge in [0.2, 0.25) is 0 Å². The van der Waals surface area contributed by atoms with Gasteiger partial charge in [-0.25, -0.2) is 4.79 Å². The number of halogens is 2. The van der Waals surface area contributed by atoms with Crippen molar-refractivity contribution in [1.29, 1.82) is 0 Å². The summed E-state index contributed by atoms with van der Waals surface area (Å²) in [5.74, 6) is 1.93. The van der Waals surface area contributed by atoms with Crippen molar-refractivity contribution in [2.24, 2.45) is 0 Å². The van der Waals surface area contributed by atoms with Crippen molar-refractivity contribution in [2.45, 2.75) is 45.4 Å². The number of carbonyl (C=O) groups is 1. The van der Waals surface area contributed by atoms with Crippen molar-refractivity contribution >= 4 is 29.2 Å². The number of benzene rings is 3. The zero-order chi connectivity index (χ0) is 25.6. The maximum absolute atomic E-state index is 12.5. The van der Waals surface area contributed by atoms with E-state index >= 15 is 0 Å². The van der Waals surface area contributed by atoms with E-state index in [2.05, 4.69) is 6.92 Å². The first-order valence-corrected chi connectivity index (χ1v) is 13.1. The Kier molecular flexibility index (Phi) is 11.7. The predicted molar refractivity (Wildman–Crippen MR) is 144 cm³/mol. The summed E-state index contributed by atoms with van der Waals surface area (Å²) in [6, 6.07) is 18.9. The normalized spacial score (nSPS) is 10.6. The molecule has 3 rings (SSSR count). The first-order valence-electron chi connectivity index (χ1n) is 12.3. The fourth-order valence-electron chi connectivity index (χ4n) is 3.43. The molecule has 3 aromatic carbocycles. The van der Waals surface area contributed by atoms with Crippen LogP contribution in [0.5, 0.6) is 23.0 Å². The smallest absolute Gasteiger partial charge is 0.343 e. The lowest BCUT2D eigenvalue weighted by Crippen LogP contribution is -2.10. The van der Waals surface area contributed by atoms with Crippen LogP contribution in [0.25, 0.3) is 0 Å². The lowest BCUT2D eigenvalue weighted by atomic mass is 10.1. The standard InChI is InChI=1S/C29H32Cl2O5/c1-2-3-4-5-6-7-18-33-24-11-8-22(9-12-24)29(32)36-26-15-13-25(14-16-26)34-19-20-35-28-17-10-23(30)21-27(28)31/h8-17,21H,2-7,18-20H2,1H3. The molecule has 0 aliphatic heterocycles. The lowest BCUT2D eigenvalue weighted by molar-refractivity contribution is 0.0734. The van der Waals surface area contributed by atoms with Crippen molar-refractivity contribution in [3.63, 3.8) is 0 Å². The van der Waals surface area contributed by atoms with Crippen molar-refractivity contribution < 1.29 is 23.7 Å². The second kappa shape index (κ2) is 15.3. The highest BCUT2D eigenvalue weighted by Crippen LogP contribution is 2.27. The van der Waals surface area contributed by atoms with Crippen molar-refractivity contribution in [3.05, 3.63) is 82.3 Å². The average molecular weight is 531 g/mol. The number of hydrogen-bond acceptors (Lipinski definition) is 5. The molecule has 0 aromatic heterocycles. The Morgan fingerprint density at radius 2 is 1.25 bits per heavy atom. The van der Waals surface area contributed by atoms with Crippen LogP contribution in [0.3, 0.4) is 0 Å². The molecule has 0 amide bonds. The van der Waals surface area contributed by atoms with Crippen molar-refractivity contribution in [1.82, 2.24) is 0 Å². The number of esters is 1. The van der Waals surface area contributed by atoms with Gasteiger partial charge in [0.25, 0.3) is 0 Å². The molecular weight excluding hydrogens is 499 g/mol. The molecule has 36 heavy (non-hydrogen) atoms. The Bertz CT molecular complexity index is 1070.